The van der Waals surface area contributed by atoms with Gasteiger partial charge in [0.2, 0.25) is 0 Å². The highest BCUT2D eigenvalue weighted by Gasteiger charge is 2.35. The Kier molecular flexibility index (Phi) is 6.35. The van der Waals surface area contributed by atoms with Crippen molar-refractivity contribution in [3.05, 3.63) is 0 Å². The van der Waals surface area contributed by atoms with Gasteiger partial charge in [-0.05, 0) is 49.4 Å². The smallest absolute Gasteiger partial charge is 0.315 e. The van der Waals surface area contributed by atoms with E-state index in [4.69, 9.17) is 4.74 Å². The van der Waals surface area contributed by atoms with Gasteiger partial charge in [-0.1, -0.05) is 34.6 Å². The Balaban J connectivity index is 1.79. The van der Waals surface area contributed by atoms with Gasteiger partial charge >= 0.3 is 6.03 Å². The van der Waals surface area contributed by atoms with Crippen LogP contribution in [0, 0.1) is 23.2 Å². The number of carbonyl (C=O) groups is 1. The maximum absolute atomic E-state index is 12.3. The van der Waals surface area contributed by atoms with Crippen LogP contribution in [-0.4, -0.2) is 31.3 Å². The molecule has 134 valence electrons. The van der Waals surface area contributed by atoms with E-state index in [9.17, 15) is 4.79 Å². The molecule has 1 saturated heterocycles. The molecule has 0 radical (unpaired) electrons. The van der Waals surface area contributed by atoms with E-state index in [0.717, 1.165) is 31.8 Å². The number of hydrogen-bond donors (Lipinski definition) is 2. The second-order valence-corrected chi connectivity index (χ2v) is 8.92. The maximum Gasteiger partial charge on any atom is 0.315 e. The van der Waals surface area contributed by atoms with Crippen LogP contribution >= 0.6 is 0 Å². The summed E-state index contributed by atoms with van der Waals surface area (Å²) in [5.74, 6) is 1.78. The zero-order valence-electron chi connectivity index (χ0n) is 15.7. The lowest BCUT2D eigenvalue weighted by Crippen LogP contribution is -2.50. The van der Waals surface area contributed by atoms with Crippen molar-refractivity contribution in [2.75, 3.05) is 13.2 Å². The van der Waals surface area contributed by atoms with E-state index in [2.05, 4.69) is 45.3 Å². The number of hydrogen-bond acceptors (Lipinski definition) is 2. The Morgan fingerprint density at radius 1 is 1.17 bits per heavy atom. The van der Waals surface area contributed by atoms with Gasteiger partial charge in [0.05, 0.1) is 6.10 Å². The summed E-state index contributed by atoms with van der Waals surface area (Å²) in [6.45, 7) is 12.8. The molecule has 4 nitrogen and oxygen atoms in total. The van der Waals surface area contributed by atoms with Crippen LogP contribution in [0.3, 0.4) is 0 Å². The number of rotatable bonds is 3. The van der Waals surface area contributed by atoms with Crippen LogP contribution in [0.1, 0.15) is 66.7 Å². The van der Waals surface area contributed by atoms with Crippen molar-refractivity contribution < 1.29 is 9.53 Å². The van der Waals surface area contributed by atoms with Crippen LogP contribution in [-0.2, 0) is 4.74 Å². The van der Waals surface area contributed by atoms with Crippen LogP contribution in [0.25, 0.3) is 0 Å². The third-order valence-electron chi connectivity index (χ3n) is 5.57. The maximum atomic E-state index is 12.3. The van der Waals surface area contributed by atoms with Crippen molar-refractivity contribution in [1.82, 2.24) is 10.6 Å². The van der Waals surface area contributed by atoms with E-state index in [0.29, 0.717) is 24.4 Å². The summed E-state index contributed by atoms with van der Waals surface area (Å²) in [5, 5.41) is 6.29. The molecule has 0 aromatic carbocycles. The molecule has 1 aliphatic carbocycles. The molecule has 4 heteroatoms. The highest BCUT2D eigenvalue weighted by Crippen LogP contribution is 2.33. The van der Waals surface area contributed by atoms with E-state index in [1.54, 1.807) is 0 Å². The first kappa shape index (κ1) is 18.6. The molecule has 0 spiro atoms. The minimum absolute atomic E-state index is 0.00497. The predicted molar refractivity (Wildman–Crippen MR) is 94.4 cm³/mol. The van der Waals surface area contributed by atoms with Crippen LogP contribution < -0.4 is 10.6 Å². The molecular weight excluding hydrogens is 288 g/mol. The Morgan fingerprint density at radius 2 is 1.91 bits per heavy atom. The molecule has 23 heavy (non-hydrogen) atoms. The highest BCUT2D eigenvalue weighted by atomic mass is 16.5. The standard InChI is InChI=1S/C19H36N2O2/c1-13-8-9-16(14(2)11-13)21-18(22)20-12-15-7-6-10-23-17(15)19(3,4)5/h13-17H,6-12H2,1-5H3,(H2,20,21,22)/t13-,14-,15+,16+,17+/m1/s1. The topological polar surface area (TPSA) is 50.4 Å². The largest absolute Gasteiger partial charge is 0.377 e. The first-order valence-electron chi connectivity index (χ1n) is 9.43. The number of carbonyl (C=O) groups excluding carboxylic acids is 1. The van der Waals surface area contributed by atoms with Gasteiger partial charge in [0.15, 0.2) is 0 Å². The fourth-order valence-corrected chi connectivity index (χ4v) is 4.33. The lowest BCUT2D eigenvalue weighted by atomic mass is 9.78. The molecule has 0 bridgehead atoms. The monoisotopic (exact) mass is 324 g/mol. The first-order chi connectivity index (χ1) is 10.8. The quantitative estimate of drug-likeness (QED) is 0.826. The second kappa shape index (κ2) is 7.87. The van der Waals surface area contributed by atoms with Crippen molar-refractivity contribution in [3.8, 4) is 0 Å². The molecular formula is C19H36N2O2. The minimum atomic E-state index is -0.00497. The normalized spacial score (nSPS) is 35.6. The SMILES string of the molecule is C[C@@H]1CC[C@H](NC(=O)NC[C@@H]2CCCO[C@@H]2C(C)(C)C)[C@H](C)C1. The van der Waals surface area contributed by atoms with Crippen molar-refractivity contribution in [1.29, 1.82) is 0 Å². The van der Waals surface area contributed by atoms with Crippen molar-refractivity contribution >= 4 is 6.03 Å². The average Bonchev–Trinajstić information content (AvgIpc) is 2.47. The van der Waals surface area contributed by atoms with Crippen molar-refractivity contribution in [2.24, 2.45) is 23.2 Å². The van der Waals surface area contributed by atoms with Gasteiger partial charge in [-0.2, -0.15) is 0 Å². The number of amides is 2. The lowest BCUT2D eigenvalue weighted by molar-refractivity contribution is -0.0838. The average molecular weight is 325 g/mol. The van der Waals surface area contributed by atoms with Gasteiger partial charge in [-0.25, -0.2) is 4.79 Å². The van der Waals surface area contributed by atoms with Crippen LogP contribution in [0.4, 0.5) is 4.79 Å². The number of ether oxygens (including phenoxy) is 1. The van der Waals surface area contributed by atoms with Crippen LogP contribution in [0.5, 0.6) is 0 Å². The number of urea groups is 1. The summed E-state index contributed by atoms with van der Waals surface area (Å²) in [6.07, 6.45) is 6.00. The van der Waals surface area contributed by atoms with E-state index >= 15 is 0 Å². The minimum Gasteiger partial charge on any atom is -0.377 e. The van der Waals surface area contributed by atoms with Gasteiger partial charge in [0.25, 0.3) is 0 Å². The lowest BCUT2D eigenvalue weighted by Gasteiger charge is -2.40. The Morgan fingerprint density at radius 3 is 2.57 bits per heavy atom. The molecule has 5 atom stereocenters. The summed E-state index contributed by atoms with van der Waals surface area (Å²) in [7, 11) is 0. The van der Waals surface area contributed by atoms with Crippen molar-refractivity contribution in [3.63, 3.8) is 0 Å². The fraction of sp³-hybridized carbons (Fsp3) is 0.947. The van der Waals surface area contributed by atoms with Gasteiger partial charge in [0.1, 0.15) is 0 Å². The van der Waals surface area contributed by atoms with Gasteiger partial charge in [0, 0.05) is 25.1 Å². The molecule has 1 heterocycles. The van der Waals surface area contributed by atoms with E-state index < -0.39 is 0 Å². The molecule has 1 aliphatic heterocycles. The van der Waals surface area contributed by atoms with Crippen LogP contribution in [0.15, 0.2) is 0 Å². The molecule has 2 rings (SSSR count). The van der Waals surface area contributed by atoms with Gasteiger partial charge in [-0.15, -0.1) is 0 Å². The molecule has 0 aromatic heterocycles. The molecule has 2 fully saturated rings. The third-order valence-corrected chi connectivity index (χ3v) is 5.57. The summed E-state index contributed by atoms with van der Waals surface area (Å²) in [6, 6.07) is 0.321. The molecule has 2 amide bonds. The molecule has 0 aromatic rings. The third kappa shape index (κ3) is 5.37. The molecule has 2 N–H and O–H groups in total. The zero-order valence-corrected chi connectivity index (χ0v) is 15.7. The Hall–Kier alpha value is -0.770. The van der Waals surface area contributed by atoms with E-state index in [1.807, 2.05) is 0 Å². The highest BCUT2D eigenvalue weighted by molar-refractivity contribution is 5.74. The molecule has 0 unspecified atom stereocenters. The van der Waals surface area contributed by atoms with Crippen molar-refractivity contribution in [2.45, 2.75) is 78.9 Å². The molecule has 2 aliphatic rings. The second-order valence-electron chi connectivity index (χ2n) is 8.92. The Labute approximate surface area is 142 Å². The Bertz CT molecular complexity index is 391. The van der Waals surface area contributed by atoms with Gasteiger partial charge in [-0.3, -0.25) is 0 Å². The number of nitrogens with one attached hydrogen (secondary N) is 2. The summed E-state index contributed by atoms with van der Waals surface area (Å²) in [5.41, 5.74) is 0.122. The predicted octanol–water partition coefficient (Wildman–Crippen LogP) is 3.95. The molecule has 1 saturated carbocycles. The summed E-state index contributed by atoms with van der Waals surface area (Å²) < 4.78 is 5.99. The first-order valence-corrected chi connectivity index (χ1v) is 9.43. The van der Waals surface area contributed by atoms with Crippen LogP contribution in [0.2, 0.25) is 0 Å². The van der Waals surface area contributed by atoms with E-state index in [-0.39, 0.29) is 17.6 Å². The fourth-order valence-electron chi connectivity index (χ4n) is 4.33. The zero-order chi connectivity index (χ0) is 17.0. The van der Waals surface area contributed by atoms with E-state index in [1.165, 1.54) is 12.8 Å². The summed E-state index contributed by atoms with van der Waals surface area (Å²) in [4.78, 5) is 12.3. The summed E-state index contributed by atoms with van der Waals surface area (Å²) >= 11 is 0. The van der Waals surface area contributed by atoms with Gasteiger partial charge < -0.3 is 15.4 Å².